The third kappa shape index (κ3) is 6.61. The fourth-order valence-corrected chi connectivity index (χ4v) is 1.88. The van der Waals surface area contributed by atoms with E-state index < -0.39 is 0 Å². The molecule has 5 nitrogen and oxygen atoms in total. The van der Waals surface area contributed by atoms with Gasteiger partial charge in [0.25, 0.3) is 0 Å². The smallest absolute Gasteiger partial charge is 0.337 e. The number of aliphatic imine (C=N–C) groups is 1. The highest BCUT2D eigenvalue weighted by atomic mass is 16.5. The minimum Gasteiger partial charge on any atom is -0.465 e. The number of carbonyl (C=O) groups excluding carboxylic acids is 1. The fraction of sp³-hybridized carbons (Fsp3) is 0.529. The van der Waals surface area contributed by atoms with E-state index in [1.807, 2.05) is 19.1 Å². The summed E-state index contributed by atoms with van der Waals surface area (Å²) in [5, 5.41) is 6.59. The quantitative estimate of drug-likeness (QED) is 0.498. The summed E-state index contributed by atoms with van der Waals surface area (Å²) < 4.78 is 4.68. The Balaban J connectivity index is 2.59. The summed E-state index contributed by atoms with van der Waals surface area (Å²) in [6, 6.07) is 7.44. The Morgan fingerprint density at radius 1 is 1.23 bits per heavy atom. The second kappa shape index (κ2) is 8.41. The first kappa shape index (κ1) is 18.0. The highest BCUT2D eigenvalue weighted by Gasteiger charge is 2.11. The van der Waals surface area contributed by atoms with Crippen LogP contribution in [0.3, 0.4) is 0 Å². The first-order valence-electron chi connectivity index (χ1n) is 7.59. The fourth-order valence-electron chi connectivity index (χ4n) is 1.88. The molecule has 0 aliphatic carbocycles. The zero-order valence-electron chi connectivity index (χ0n) is 14.2. The van der Waals surface area contributed by atoms with E-state index in [4.69, 9.17) is 0 Å². The molecule has 0 radical (unpaired) electrons. The number of hydrogen-bond donors (Lipinski definition) is 2. The second-order valence-electron chi connectivity index (χ2n) is 6.07. The second-order valence-corrected chi connectivity index (χ2v) is 6.07. The van der Waals surface area contributed by atoms with Gasteiger partial charge in [-0.25, -0.2) is 4.79 Å². The lowest BCUT2D eigenvalue weighted by Gasteiger charge is -2.23. The van der Waals surface area contributed by atoms with Crippen molar-refractivity contribution in [3.8, 4) is 0 Å². The van der Waals surface area contributed by atoms with Gasteiger partial charge in [-0.2, -0.15) is 0 Å². The molecule has 2 N–H and O–H groups in total. The van der Waals surface area contributed by atoms with Crippen molar-refractivity contribution in [2.75, 3.05) is 20.2 Å². The number of methoxy groups -OCH3 is 1. The summed E-state index contributed by atoms with van der Waals surface area (Å²) in [6.45, 7) is 9.87. The number of carbonyl (C=O) groups is 1. The van der Waals surface area contributed by atoms with Crippen LogP contribution in [0.25, 0.3) is 0 Å². The van der Waals surface area contributed by atoms with E-state index >= 15 is 0 Å². The highest BCUT2D eigenvalue weighted by Crippen LogP contribution is 2.06. The molecule has 0 atom stereocenters. The van der Waals surface area contributed by atoms with Gasteiger partial charge in [0.05, 0.1) is 12.7 Å². The van der Waals surface area contributed by atoms with Crippen molar-refractivity contribution in [1.82, 2.24) is 10.6 Å². The number of rotatable bonds is 5. The molecule has 1 rings (SSSR count). The van der Waals surface area contributed by atoms with Crippen LogP contribution in [0.15, 0.2) is 29.3 Å². The van der Waals surface area contributed by atoms with Crippen molar-refractivity contribution in [2.45, 2.75) is 39.7 Å². The van der Waals surface area contributed by atoms with Crippen molar-refractivity contribution in [3.63, 3.8) is 0 Å². The van der Waals surface area contributed by atoms with Crippen molar-refractivity contribution in [3.05, 3.63) is 35.4 Å². The zero-order valence-corrected chi connectivity index (χ0v) is 14.2. The monoisotopic (exact) mass is 305 g/mol. The number of ether oxygens (including phenoxy) is 1. The van der Waals surface area contributed by atoms with E-state index in [1.165, 1.54) is 7.11 Å². The summed E-state index contributed by atoms with van der Waals surface area (Å²) in [6.07, 6.45) is 0.822. The van der Waals surface area contributed by atoms with Crippen LogP contribution in [0, 0.1) is 0 Å². The zero-order chi connectivity index (χ0) is 16.6. The van der Waals surface area contributed by atoms with E-state index in [0.29, 0.717) is 12.1 Å². The molecule has 22 heavy (non-hydrogen) atoms. The average Bonchev–Trinajstić information content (AvgIpc) is 2.46. The van der Waals surface area contributed by atoms with Crippen LogP contribution in [-0.4, -0.2) is 37.7 Å². The standard InChI is InChI=1S/C17H27N3O2/c1-6-18-16(20-17(2,3)4)19-12-11-13-7-9-14(10-8-13)15(21)22-5/h7-10H,6,11-12H2,1-5H3,(H2,18,19,20). The van der Waals surface area contributed by atoms with Gasteiger partial charge in [0.2, 0.25) is 0 Å². The largest absolute Gasteiger partial charge is 0.465 e. The van der Waals surface area contributed by atoms with Crippen molar-refractivity contribution >= 4 is 11.9 Å². The molecule has 0 amide bonds. The molecule has 0 bridgehead atoms. The highest BCUT2D eigenvalue weighted by molar-refractivity contribution is 5.89. The Hall–Kier alpha value is -2.04. The lowest BCUT2D eigenvalue weighted by molar-refractivity contribution is 0.0600. The molecule has 0 unspecified atom stereocenters. The van der Waals surface area contributed by atoms with Gasteiger partial charge >= 0.3 is 5.97 Å². The van der Waals surface area contributed by atoms with E-state index in [-0.39, 0.29) is 11.5 Å². The number of nitrogens with one attached hydrogen (secondary N) is 2. The molecule has 5 heteroatoms. The first-order valence-corrected chi connectivity index (χ1v) is 7.59. The Bertz CT molecular complexity index is 502. The Morgan fingerprint density at radius 2 is 1.86 bits per heavy atom. The van der Waals surface area contributed by atoms with Crippen LogP contribution in [0.2, 0.25) is 0 Å². The number of benzene rings is 1. The van der Waals surface area contributed by atoms with Gasteiger partial charge in [-0.1, -0.05) is 12.1 Å². The van der Waals surface area contributed by atoms with E-state index in [1.54, 1.807) is 12.1 Å². The van der Waals surface area contributed by atoms with Crippen LogP contribution in [0.1, 0.15) is 43.6 Å². The molecular weight excluding hydrogens is 278 g/mol. The number of hydrogen-bond acceptors (Lipinski definition) is 3. The number of esters is 1. The Kier molecular flexibility index (Phi) is 6.89. The number of guanidine groups is 1. The molecule has 0 saturated carbocycles. The third-order valence-electron chi connectivity index (χ3n) is 2.88. The summed E-state index contributed by atoms with van der Waals surface area (Å²) in [5.41, 5.74) is 1.68. The minimum atomic E-state index is -0.312. The topological polar surface area (TPSA) is 62.7 Å². The molecule has 0 heterocycles. The van der Waals surface area contributed by atoms with Crippen LogP contribution in [0.4, 0.5) is 0 Å². The molecule has 0 aromatic heterocycles. The van der Waals surface area contributed by atoms with Gasteiger partial charge in [-0.15, -0.1) is 0 Å². The van der Waals surface area contributed by atoms with Gasteiger partial charge in [0.15, 0.2) is 5.96 Å². The van der Waals surface area contributed by atoms with Crippen LogP contribution < -0.4 is 10.6 Å². The predicted molar refractivity (Wildman–Crippen MR) is 90.4 cm³/mol. The van der Waals surface area contributed by atoms with Gasteiger partial charge < -0.3 is 15.4 Å². The lowest BCUT2D eigenvalue weighted by atomic mass is 10.1. The van der Waals surface area contributed by atoms with Gasteiger partial charge in [0.1, 0.15) is 0 Å². The summed E-state index contributed by atoms with van der Waals surface area (Å²) in [4.78, 5) is 15.9. The van der Waals surface area contributed by atoms with Crippen molar-refractivity contribution in [1.29, 1.82) is 0 Å². The summed E-state index contributed by atoms with van der Waals surface area (Å²) in [7, 11) is 1.38. The first-order chi connectivity index (χ1) is 10.4. The predicted octanol–water partition coefficient (Wildman–Crippen LogP) is 2.37. The molecule has 0 aliphatic heterocycles. The summed E-state index contributed by atoms with van der Waals surface area (Å²) >= 11 is 0. The van der Waals surface area contributed by atoms with Gasteiger partial charge in [-0.3, -0.25) is 4.99 Å². The average molecular weight is 305 g/mol. The van der Waals surface area contributed by atoms with Crippen molar-refractivity contribution in [2.24, 2.45) is 4.99 Å². The van der Waals surface area contributed by atoms with E-state index in [0.717, 1.165) is 24.5 Å². The molecule has 0 aliphatic rings. The lowest BCUT2D eigenvalue weighted by Crippen LogP contribution is -2.47. The van der Waals surface area contributed by atoms with Gasteiger partial charge in [0, 0.05) is 18.6 Å². The molecule has 0 saturated heterocycles. The van der Waals surface area contributed by atoms with Crippen molar-refractivity contribution < 1.29 is 9.53 Å². The molecule has 1 aromatic carbocycles. The molecule has 0 spiro atoms. The van der Waals surface area contributed by atoms with Crippen LogP contribution in [0.5, 0.6) is 0 Å². The maximum atomic E-state index is 11.4. The van der Waals surface area contributed by atoms with E-state index in [2.05, 4.69) is 41.1 Å². The van der Waals surface area contributed by atoms with Gasteiger partial charge in [-0.05, 0) is 51.8 Å². The summed E-state index contributed by atoms with van der Waals surface area (Å²) in [5.74, 6) is 0.509. The van der Waals surface area contributed by atoms with Crippen LogP contribution >= 0.6 is 0 Å². The molecular formula is C17H27N3O2. The third-order valence-corrected chi connectivity index (χ3v) is 2.88. The SMILES string of the molecule is CCNC(=NCCc1ccc(C(=O)OC)cc1)NC(C)(C)C. The minimum absolute atomic E-state index is 0.0246. The maximum absolute atomic E-state index is 11.4. The molecule has 1 aromatic rings. The Morgan fingerprint density at radius 3 is 2.36 bits per heavy atom. The Labute approximate surface area is 133 Å². The normalized spacial score (nSPS) is 12.0. The van der Waals surface area contributed by atoms with E-state index in [9.17, 15) is 4.79 Å². The number of nitrogens with zero attached hydrogens (tertiary/aromatic N) is 1. The van der Waals surface area contributed by atoms with Crippen LogP contribution in [-0.2, 0) is 11.2 Å². The molecule has 122 valence electrons. The molecule has 0 fully saturated rings. The maximum Gasteiger partial charge on any atom is 0.337 e.